The van der Waals surface area contributed by atoms with Crippen molar-refractivity contribution in [3.8, 4) is 0 Å². The molecular formula is C7H15NO5P-. The molecular weight excluding hydrogens is 209 g/mol. The molecule has 0 heterocycles. The second-order valence-corrected chi connectivity index (χ2v) is 4.70. The third-order valence-corrected chi connectivity index (χ3v) is 2.33. The number of hydrogen-bond acceptors (Lipinski definition) is 4. The molecule has 0 spiro atoms. The Hall–Kier alpha value is -0.420. The molecule has 0 unspecified atom stereocenters. The number of unbranched alkanes of at least 4 members (excludes halogenated alkanes) is 1. The Labute approximate surface area is 82.7 Å². The van der Waals surface area contributed by atoms with Gasteiger partial charge in [-0.2, -0.15) is 0 Å². The van der Waals surface area contributed by atoms with Gasteiger partial charge in [0.1, 0.15) is 6.29 Å². The van der Waals surface area contributed by atoms with Gasteiger partial charge in [0.05, 0.1) is 5.97 Å². The van der Waals surface area contributed by atoms with Crippen molar-refractivity contribution in [1.29, 1.82) is 0 Å². The molecule has 6 nitrogen and oxygen atoms in total. The quantitative estimate of drug-likeness (QED) is 0.536. The van der Waals surface area contributed by atoms with Crippen LogP contribution in [0.25, 0.3) is 0 Å². The molecule has 0 aliphatic rings. The van der Waals surface area contributed by atoms with Crippen LogP contribution in [0.4, 0.5) is 0 Å². The first kappa shape index (κ1) is 13.6. The highest BCUT2D eigenvalue weighted by atomic mass is 31.2. The predicted molar refractivity (Wildman–Crippen MR) is 48.4 cm³/mol. The van der Waals surface area contributed by atoms with E-state index in [-0.39, 0.29) is 0 Å². The van der Waals surface area contributed by atoms with E-state index in [9.17, 15) is 14.5 Å². The lowest BCUT2D eigenvalue weighted by Gasteiger charge is -2.22. The van der Waals surface area contributed by atoms with Crippen LogP contribution in [0.15, 0.2) is 0 Å². The lowest BCUT2D eigenvalue weighted by atomic mass is 10.3. The van der Waals surface area contributed by atoms with Crippen LogP contribution in [0.2, 0.25) is 0 Å². The molecule has 0 aliphatic heterocycles. The molecule has 0 aromatic heterocycles. The Morgan fingerprint density at radius 2 is 2.07 bits per heavy atom. The first-order valence-electron chi connectivity index (χ1n) is 4.32. The number of carboxylic acids is 1. The molecule has 84 valence electrons. The van der Waals surface area contributed by atoms with Crippen molar-refractivity contribution in [2.24, 2.45) is 0 Å². The Morgan fingerprint density at radius 3 is 2.43 bits per heavy atom. The molecule has 0 radical (unpaired) electrons. The predicted octanol–water partition coefficient (Wildman–Crippen LogP) is -1.03. The molecule has 0 aliphatic carbocycles. The van der Waals surface area contributed by atoms with Crippen LogP contribution >= 0.6 is 7.60 Å². The van der Waals surface area contributed by atoms with Gasteiger partial charge in [0.2, 0.25) is 0 Å². The molecule has 0 fully saturated rings. The maximum atomic E-state index is 10.6. The number of nitrogens with zero attached hydrogens (tertiary/aromatic N) is 1. The van der Waals surface area contributed by atoms with E-state index < -0.39 is 26.4 Å². The largest absolute Gasteiger partial charge is 0.549 e. The summed E-state index contributed by atoms with van der Waals surface area (Å²) in [5.41, 5.74) is 0. The van der Waals surface area contributed by atoms with Gasteiger partial charge >= 0.3 is 7.60 Å². The summed E-state index contributed by atoms with van der Waals surface area (Å²) in [5.74, 6) is -1.32. The molecule has 7 heteroatoms. The van der Waals surface area contributed by atoms with Crippen LogP contribution in [0, 0.1) is 0 Å². The normalized spacial score (nSPS) is 12.0. The van der Waals surface area contributed by atoms with Crippen LogP contribution in [-0.4, -0.2) is 40.0 Å². The van der Waals surface area contributed by atoms with Crippen LogP contribution in [0.3, 0.4) is 0 Å². The molecule has 0 rings (SSSR count). The Morgan fingerprint density at radius 1 is 1.50 bits per heavy atom. The zero-order chi connectivity index (χ0) is 11.2. The Balaban J connectivity index is 4.10. The fraction of sp³-hybridized carbons (Fsp3) is 0.857. The van der Waals surface area contributed by atoms with Crippen molar-refractivity contribution < 1.29 is 24.3 Å². The third kappa shape index (κ3) is 8.19. The number of carbonyl (C=O) groups excluding carboxylic acids is 1. The van der Waals surface area contributed by atoms with E-state index in [1.807, 2.05) is 6.92 Å². The summed E-state index contributed by atoms with van der Waals surface area (Å²) in [6.07, 6.45) is 1.01. The second kappa shape index (κ2) is 6.14. The summed E-state index contributed by atoms with van der Waals surface area (Å²) >= 11 is 0. The molecule has 0 atom stereocenters. The highest BCUT2D eigenvalue weighted by molar-refractivity contribution is 7.51. The molecule has 0 amide bonds. The average molecular weight is 224 g/mol. The highest BCUT2D eigenvalue weighted by Crippen LogP contribution is 2.34. The molecule has 0 saturated carbocycles. The van der Waals surface area contributed by atoms with Gasteiger partial charge in [-0.05, 0) is 13.0 Å². The smallest absolute Gasteiger partial charge is 0.339 e. The number of carboxylic acid groups (broad SMARTS) is 1. The number of aliphatic carboxylic acids is 1. The molecule has 0 saturated heterocycles. The van der Waals surface area contributed by atoms with Gasteiger partial charge in [-0.15, -0.1) is 0 Å². The van der Waals surface area contributed by atoms with Crippen LogP contribution in [-0.2, 0) is 9.36 Å². The zero-order valence-corrected chi connectivity index (χ0v) is 8.94. The molecule has 14 heavy (non-hydrogen) atoms. The molecule has 2 N–H and O–H groups in total. The van der Waals surface area contributed by atoms with E-state index in [0.29, 0.717) is 13.0 Å². The minimum Gasteiger partial charge on any atom is -0.549 e. The van der Waals surface area contributed by atoms with E-state index in [1.165, 1.54) is 4.90 Å². The fourth-order valence-electron chi connectivity index (χ4n) is 1.02. The van der Waals surface area contributed by atoms with E-state index in [0.717, 1.165) is 6.42 Å². The van der Waals surface area contributed by atoms with Crippen LogP contribution < -0.4 is 5.11 Å². The summed E-state index contributed by atoms with van der Waals surface area (Å²) in [4.78, 5) is 28.8. The summed E-state index contributed by atoms with van der Waals surface area (Å²) in [6.45, 7) is 1.83. The van der Waals surface area contributed by atoms with Gasteiger partial charge in [-0.3, -0.25) is 9.46 Å². The maximum Gasteiger partial charge on any atom is 0.339 e. The standard InChI is InChI=1S/C7H16NO5P/c1-2-3-4-8(5-7(9)10)6-14(11,12)13/h2-6H2,1H3,(H,9,10)(H2,11,12,13)/p-1. The van der Waals surface area contributed by atoms with Gasteiger partial charge in [0.15, 0.2) is 0 Å². The van der Waals surface area contributed by atoms with Gasteiger partial charge in [0, 0.05) is 6.54 Å². The summed E-state index contributed by atoms with van der Waals surface area (Å²) in [7, 11) is -4.18. The van der Waals surface area contributed by atoms with Gasteiger partial charge in [-0.25, -0.2) is 0 Å². The van der Waals surface area contributed by atoms with Crippen molar-refractivity contribution >= 4 is 13.6 Å². The minimum atomic E-state index is -4.18. The lowest BCUT2D eigenvalue weighted by Crippen LogP contribution is -2.39. The first-order chi connectivity index (χ1) is 6.35. The summed E-state index contributed by atoms with van der Waals surface area (Å²) < 4.78 is 10.6. The summed E-state index contributed by atoms with van der Waals surface area (Å²) in [5, 5.41) is 10.3. The highest BCUT2D eigenvalue weighted by Gasteiger charge is 2.18. The van der Waals surface area contributed by atoms with Crippen molar-refractivity contribution in [2.75, 3.05) is 19.4 Å². The number of carbonyl (C=O) groups is 1. The van der Waals surface area contributed by atoms with E-state index in [2.05, 4.69) is 0 Å². The van der Waals surface area contributed by atoms with Gasteiger partial charge in [-0.1, -0.05) is 13.3 Å². The number of hydrogen-bond donors (Lipinski definition) is 2. The van der Waals surface area contributed by atoms with Crippen LogP contribution in [0.1, 0.15) is 19.8 Å². The SMILES string of the molecule is CCCCN(CC(=O)[O-])CP(=O)(O)O. The zero-order valence-electron chi connectivity index (χ0n) is 8.05. The minimum absolute atomic E-state index is 0.357. The Kier molecular flexibility index (Phi) is 5.95. The van der Waals surface area contributed by atoms with Crippen molar-refractivity contribution in [2.45, 2.75) is 19.8 Å². The second-order valence-electron chi connectivity index (χ2n) is 3.08. The maximum absolute atomic E-state index is 10.6. The first-order valence-corrected chi connectivity index (χ1v) is 6.11. The third-order valence-electron chi connectivity index (χ3n) is 1.56. The monoisotopic (exact) mass is 224 g/mol. The topological polar surface area (TPSA) is 101 Å². The molecule has 0 aromatic rings. The van der Waals surface area contributed by atoms with Crippen molar-refractivity contribution in [3.05, 3.63) is 0 Å². The lowest BCUT2D eigenvalue weighted by molar-refractivity contribution is -0.306. The van der Waals surface area contributed by atoms with Crippen molar-refractivity contribution in [3.63, 3.8) is 0 Å². The van der Waals surface area contributed by atoms with E-state index in [4.69, 9.17) is 9.79 Å². The molecule has 0 bridgehead atoms. The molecule has 0 aromatic carbocycles. The Bertz CT molecular complexity index is 226. The average Bonchev–Trinajstić information content (AvgIpc) is 1.96. The summed E-state index contributed by atoms with van der Waals surface area (Å²) in [6, 6.07) is 0. The van der Waals surface area contributed by atoms with Crippen molar-refractivity contribution in [1.82, 2.24) is 4.90 Å². The van der Waals surface area contributed by atoms with E-state index >= 15 is 0 Å². The van der Waals surface area contributed by atoms with Crippen LogP contribution in [0.5, 0.6) is 0 Å². The fourth-order valence-corrected chi connectivity index (χ4v) is 1.79. The van der Waals surface area contributed by atoms with E-state index in [1.54, 1.807) is 0 Å². The number of rotatable bonds is 7. The van der Waals surface area contributed by atoms with Gasteiger partial charge < -0.3 is 19.7 Å². The van der Waals surface area contributed by atoms with Gasteiger partial charge in [0.25, 0.3) is 0 Å².